The van der Waals surface area contributed by atoms with Crippen LogP contribution >= 0.6 is 34.4 Å². The van der Waals surface area contributed by atoms with E-state index < -0.39 is 11.2 Å². The molecule has 0 aliphatic rings. The maximum absolute atomic E-state index is 13.4. The Morgan fingerprint density at radius 2 is 1.67 bits per heavy atom. The zero-order chi connectivity index (χ0) is 30.2. The predicted molar refractivity (Wildman–Crippen MR) is 178 cm³/mol. The maximum Gasteiger partial charge on any atom is 0.272 e. The van der Waals surface area contributed by atoms with E-state index in [9.17, 15) is 14.4 Å². The lowest BCUT2D eigenvalue weighted by Gasteiger charge is -2.13. The highest BCUT2D eigenvalue weighted by Crippen LogP contribution is 2.30. The Kier molecular flexibility index (Phi) is 9.83. The highest BCUT2D eigenvalue weighted by molar-refractivity contribution is 8.00. The van der Waals surface area contributed by atoms with Crippen molar-refractivity contribution in [2.45, 2.75) is 24.0 Å². The molecule has 5 rings (SSSR count). The third-order valence-electron chi connectivity index (χ3n) is 6.20. The molecule has 0 radical (unpaired) electrons. The molecule has 0 spiro atoms. The number of anilines is 2. The van der Waals surface area contributed by atoms with Gasteiger partial charge in [0.15, 0.2) is 5.13 Å². The van der Waals surface area contributed by atoms with Gasteiger partial charge in [0, 0.05) is 21.5 Å². The lowest BCUT2D eigenvalue weighted by molar-refractivity contribution is -0.115. The molecule has 1 unspecified atom stereocenters. The van der Waals surface area contributed by atoms with Crippen molar-refractivity contribution < 1.29 is 14.4 Å². The van der Waals surface area contributed by atoms with E-state index in [0.29, 0.717) is 16.4 Å². The molecule has 3 amide bonds. The fraction of sp³-hybridized carbons (Fsp3) is 0.0909. The number of aryl methyl sites for hydroxylation is 1. The van der Waals surface area contributed by atoms with Crippen LogP contribution in [-0.2, 0) is 9.59 Å². The van der Waals surface area contributed by atoms with E-state index in [-0.39, 0.29) is 17.5 Å². The molecule has 10 heteroatoms. The highest BCUT2D eigenvalue weighted by Gasteiger charge is 2.18. The van der Waals surface area contributed by atoms with Gasteiger partial charge in [-0.3, -0.25) is 14.4 Å². The second kappa shape index (κ2) is 14.1. The average molecular weight is 625 g/mol. The van der Waals surface area contributed by atoms with Crippen molar-refractivity contribution in [1.29, 1.82) is 0 Å². The van der Waals surface area contributed by atoms with Crippen molar-refractivity contribution in [3.8, 4) is 10.6 Å². The number of rotatable bonds is 10. The Morgan fingerprint density at radius 3 is 2.42 bits per heavy atom. The third kappa shape index (κ3) is 8.29. The Balaban J connectivity index is 1.26. The van der Waals surface area contributed by atoms with E-state index >= 15 is 0 Å². The third-order valence-corrected chi connectivity index (χ3v) is 8.94. The van der Waals surface area contributed by atoms with Gasteiger partial charge in [0.05, 0.1) is 15.8 Å². The van der Waals surface area contributed by atoms with Crippen molar-refractivity contribution in [3.05, 3.63) is 124 Å². The van der Waals surface area contributed by atoms with E-state index in [1.807, 2.05) is 79.2 Å². The van der Waals surface area contributed by atoms with Crippen molar-refractivity contribution >= 4 is 69.1 Å². The minimum atomic E-state index is -0.469. The number of carbonyl (C=O) groups is 3. The number of benzene rings is 3. The summed E-state index contributed by atoms with van der Waals surface area (Å²) < 4.78 is 0. The molecule has 3 aromatic carbocycles. The molecule has 7 nitrogen and oxygen atoms in total. The number of nitrogens with one attached hydrogen (secondary N) is 3. The molecular formula is C33H28N4O3S3. The van der Waals surface area contributed by atoms with Gasteiger partial charge >= 0.3 is 0 Å². The lowest BCUT2D eigenvalue weighted by atomic mass is 10.1. The van der Waals surface area contributed by atoms with E-state index in [0.717, 1.165) is 26.6 Å². The van der Waals surface area contributed by atoms with Crippen LogP contribution in [0.5, 0.6) is 0 Å². The van der Waals surface area contributed by atoms with Gasteiger partial charge in [0.25, 0.3) is 11.8 Å². The normalized spacial score (nSPS) is 11.9. The standard InChI is InChI=1S/C33H28N4O3S3/c1-21-13-15-23(16-14-21)18-27(35-31(39)24-8-4-3-5-9-24)32(40)34-25-10-6-11-26(19-25)43-22(2)30(38)37-33-36-28(20-42-33)29-12-7-17-41-29/h3-20,22H,1-2H3,(H,34,40)(H,35,39)(H,36,37,38)/b27-18-. The van der Waals surface area contributed by atoms with Crippen LogP contribution in [0.3, 0.4) is 0 Å². The van der Waals surface area contributed by atoms with Crippen molar-refractivity contribution in [2.75, 3.05) is 10.6 Å². The molecule has 43 heavy (non-hydrogen) atoms. The zero-order valence-corrected chi connectivity index (χ0v) is 25.8. The van der Waals surface area contributed by atoms with Crippen LogP contribution in [0.2, 0.25) is 0 Å². The van der Waals surface area contributed by atoms with Crippen LogP contribution in [0, 0.1) is 6.92 Å². The smallest absolute Gasteiger partial charge is 0.272 e. The summed E-state index contributed by atoms with van der Waals surface area (Å²) in [5, 5.41) is 12.6. The molecule has 0 saturated heterocycles. The summed E-state index contributed by atoms with van der Waals surface area (Å²) in [5.74, 6) is -1.03. The maximum atomic E-state index is 13.4. The summed E-state index contributed by atoms with van der Waals surface area (Å²) in [5.41, 5.74) is 3.78. The monoisotopic (exact) mass is 624 g/mol. The fourth-order valence-corrected chi connectivity index (χ4v) is 6.35. The number of thiophene rings is 1. The topological polar surface area (TPSA) is 100 Å². The molecule has 0 bridgehead atoms. The van der Waals surface area contributed by atoms with Gasteiger partial charge in [-0.25, -0.2) is 4.98 Å². The van der Waals surface area contributed by atoms with Crippen molar-refractivity contribution in [2.24, 2.45) is 0 Å². The van der Waals surface area contributed by atoms with Gasteiger partial charge in [-0.1, -0.05) is 60.2 Å². The summed E-state index contributed by atoms with van der Waals surface area (Å²) in [6, 6.07) is 27.6. The minimum absolute atomic E-state index is 0.105. The van der Waals surface area contributed by atoms with E-state index in [4.69, 9.17) is 0 Å². The van der Waals surface area contributed by atoms with Gasteiger partial charge in [0.2, 0.25) is 5.91 Å². The summed E-state index contributed by atoms with van der Waals surface area (Å²) in [4.78, 5) is 45.6. The number of hydrogen-bond donors (Lipinski definition) is 3. The molecule has 216 valence electrons. The molecule has 0 fully saturated rings. The summed E-state index contributed by atoms with van der Waals surface area (Å²) in [6.45, 7) is 3.80. The van der Waals surface area contributed by atoms with Crippen molar-refractivity contribution in [1.82, 2.24) is 10.3 Å². The van der Waals surface area contributed by atoms with Crippen LogP contribution in [0.1, 0.15) is 28.4 Å². The Hall–Kier alpha value is -4.51. The average Bonchev–Trinajstić information content (AvgIpc) is 3.71. The predicted octanol–water partition coefficient (Wildman–Crippen LogP) is 7.71. The molecular weight excluding hydrogens is 597 g/mol. The van der Waals surface area contributed by atoms with Gasteiger partial charge in [-0.2, -0.15) is 0 Å². The number of nitrogens with zero attached hydrogens (tertiary/aromatic N) is 1. The minimum Gasteiger partial charge on any atom is -0.321 e. The van der Waals surface area contributed by atoms with Crippen LogP contribution < -0.4 is 16.0 Å². The molecule has 3 N–H and O–H groups in total. The molecule has 0 aliphatic heterocycles. The first kappa shape index (κ1) is 30.0. The Labute approximate surface area is 262 Å². The molecule has 0 saturated carbocycles. The van der Waals surface area contributed by atoms with Gasteiger partial charge in [0.1, 0.15) is 5.70 Å². The van der Waals surface area contributed by atoms with Gasteiger partial charge in [-0.15, -0.1) is 34.4 Å². The quantitative estimate of drug-likeness (QED) is 0.109. The first-order chi connectivity index (χ1) is 20.8. The van der Waals surface area contributed by atoms with Crippen molar-refractivity contribution in [3.63, 3.8) is 0 Å². The summed E-state index contributed by atoms with van der Waals surface area (Å²) >= 11 is 4.35. The number of aromatic nitrogens is 1. The molecule has 0 aliphatic carbocycles. The number of amides is 3. The fourth-order valence-electron chi connectivity index (χ4n) is 3.95. The van der Waals surface area contributed by atoms with Crippen LogP contribution in [0.25, 0.3) is 16.6 Å². The number of carbonyl (C=O) groups excluding carboxylic acids is 3. The largest absolute Gasteiger partial charge is 0.321 e. The Bertz CT molecular complexity index is 1750. The number of hydrogen-bond acceptors (Lipinski definition) is 7. The van der Waals surface area contributed by atoms with E-state index in [1.165, 1.54) is 23.1 Å². The highest BCUT2D eigenvalue weighted by atomic mass is 32.2. The summed E-state index contributed by atoms with van der Waals surface area (Å²) in [7, 11) is 0. The second-order valence-electron chi connectivity index (χ2n) is 9.54. The van der Waals surface area contributed by atoms with Gasteiger partial charge in [-0.05, 0) is 67.3 Å². The number of thiazole rings is 1. The SMILES string of the molecule is Cc1ccc(/C=C(\NC(=O)c2ccccc2)C(=O)Nc2cccc(SC(C)C(=O)Nc3nc(-c4cccs4)cs3)c2)cc1. The first-order valence-corrected chi connectivity index (χ1v) is 16.0. The van der Waals surface area contributed by atoms with Crippen LogP contribution in [0.15, 0.2) is 112 Å². The molecule has 2 heterocycles. The van der Waals surface area contributed by atoms with Crippen LogP contribution in [0.4, 0.5) is 10.8 Å². The van der Waals surface area contributed by atoms with E-state index in [1.54, 1.807) is 53.8 Å². The lowest BCUT2D eigenvalue weighted by Crippen LogP contribution is -2.30. The van der Waals surface area contributed by atoms with E-state index in [2.05, 4.69) is 20.9 Å². The molecule has 2 aromatic heterocycles. The van der Waals surface area contributed by atoms with Gasteiger partial charge < -0.3 is 16.0 Å². The number of thioether (sulfide) groups is 1. The van der Waals surface area contributed by atoms with Crippen LogP contribution in [-0.4, -0.2) is 28.0 Å². The second-order valence-corrected chi connectivity index (χ2v) is 12.8. The summed E-state index contributed by atoms with van der Waals surface area (Å²) in [6.07, 6.45) is 1.64. The first-order valence-electron chi connectivity index (χ1n) is 13.4. The molecule has 5 aromatic rings. The molecule has 1 atom stereocenters. The Morgan fingerprint density at radius 1 is 0.884 bits per heavy atom. The zero-order valence-electron chi connectivity index (χ0n) is 23.4.